The maximum absolute atomic E-state index is 5.93. The number of nitrogens with one attached hydrogen (secondary N) is 1. The molecule has 2 aliphatic carbocycles. The molecular weight excluding hydrogens is 264 g/mol. The van der Waals surface area contributed by atoms with Crippen molar-refractivity contribution < 1.29 is 0 Å². The summed E-state index contributed by atoms with van der Waals surface area (Å²) in [5, 5.41) is 4.86. The maximum Gasteiger partial charge on any atom is 0.113 e. The van der Waals surface area contributed by atoms with Gasteiger partial charge in [0.05, 0.1) is 6.20 Å². The van der Waals surface area contributed by atoms with Crippen LogP contribution in [-0.4, -0.2) is 11.0 Å². The standard InChI is InChI=1S/C14H21ClN2S/c1-13(2)9-4-5-14(3,6-9)12(13)17-8-11-16-7-10(15)18-11/h7,9,12,17H,4-6,8H2,1-3H3. The van der Waals surface area contributed by atoms with Gasteiger partial charge in [-0.05, 0) is 36.0 Å². The first-order valence-electron chi connectivity index (χ1n) is 6.75. The molecule has 1 aromatic rings. The summed E-state index contributed by atoms with van der Waals surface area (Å²) >= 11 is 7.51. The van der Waals surface area contributed by atoms with Gasteiger partial charge in [0.15, 0.2) is 0 Å². The summed E-state index contributed by atoms with van der Waals surface area (Å²) in [6, 6.07) is 0.603. The highest BCUT2D eigenvalue weighted by Gasteiger charge is 2.58. The van der Waals surface area contributed by atoms with E-state index in [1.807, 2.05) is 0 Å². The topological polar surface area (TPSA) is 24.9 Å². The monoisotopic (exact) mass is 284 g/mol. The fourth-order valence-corrected chi connectivity index (χ4v) is 5.28. The average Bonchev–Trinajstić information content (AvgIpc) is 2.89. The van der Waals surface area contributed by atoms with E-state index in [2.05, 4.69) is 31.1 Å². The number of thiazole rings is 1. The van der Waals surface area contributed by atoms with Gasteiger partial charge in [0.1, 0.15) is 9.34 Å². The Morgan fingerprint density at radius 1 is 1.50 bits per heavy atom. The van der Waals surface area contributed by atoms with E-state index in [0.29, 0.717) is 16.9 Å². The third-order valence-electron chi connectivity index (χ3n) is 5.25. The number of halogens is 1. The van der Waals surface area contributed by atoms with E-state index in [0.717, 1.165) is 21.8 Å². The van der Waals surface area contributed by atoms with Crippen LogP contribution in [0.5, 0.6) is 0 Å². The van der Waals surface area contributed by atoms with Gasteiger partial charge >= 0.3 is 0 Å². The molecule has 1 aromatic heterocycles. The lowest BCUT2D eigenvalue weighted by Crippen LogP contribution is -2.49. The Bertz CT molecular complexity index is 452. The Morgan fingerprint density at radius 2 is 2.28 bits per heavy atom. The zero-order valence-electron chi connectivity index (χ0n) is 11.3. The van der Waals surface area contributed by atoms with Gasteiger partial charge in [-0.25, -0.2) is 4.98 Å². The molecule has 0 saturated heterocycles. The number of rotatable bonds is 3. The number of fused-ring (bicyclic) bond motifs is 2. The Kier molecular flexibility index (Phi) is 3.00. The van der Waals surface area contributed by atoms with E-state index in [4.69, 9.17) is 11.6 Å². The summed E-state index contributed by atoms with van der Waals surface area (Å²) in [4.78, 5) is 4.33. The molecule has 18 heavy (non-hydrogen) atoms. The molecule has 4 heteroatoms. The molecule has 0 aromatic carbocycles. The minimum Gasteiger partial charge on any atom is -0.307 e. The van der Waals surface area contributed by atoms with Crippen LogP contribution in [0.3, 0.4) is 0 Å². The molecule has 0 radical (unpaired) electrons. The van der Waals surface area contributed by atoms with Crippen LogP contribution in [0.4, 0.5) is 0 Å². The van der Waals surface area contributed by atoms with Crippen LogP contribution < -0.4 is 5.32 Å². The van der Waals surface area contributed by atoms with E-state index in [1.165, 1.54) is 19.3 Å². The Morgan fingerprint density at radius 3 is 2.83 bits per heavy atom. The van der Waals surface area contributed by atoms with Crippen LogP contribution in [0.15, 0.2) is 6.20 Å². The summed E-state index contributed by atoms with van der Waals surface area (Å²) in [6.07, 6.45) is 5.91. The molecule has 0 aliphatic heterocycles. The Labute approximate surface area is 118 Å². The van der Waals surface area contributed by atoms with Gasteiger partial charge in [-0.2, -0.15) is 0 Å². The van der Waals surface area contributed by atoms with Gasteiger partial charge in [-0.1, -0.05) is 32.4 Å². The van der Waals surface area contributed by atoms with Gasteiger partial charge in [-0.3, -0.25) is 0 Å². The highest BCUT2D eigenvalue weighted by atomic mass is 35.5. The Hall–Kier alpha value is -0.120. The molecule has 1 N–H and O–H groups in total. The molecule has 1 heterocycles. The largest absolute Gasteiger partial charge is 0.307 e. The second kappa shape index (κ2) is 4.19. The van der Waals surface area contributed by atoms with Crippen molar-refractivity contribution in [3.63, 3.8) is 0 Å². The summed E-state index contributed by atoms with van der Waals surface area (Å²) in [7, 11) is 0. The number of hydrogen-bond acceptors (Lipinski definition) is 3. The van der Waals surface area contributed by atoms with Gasteiger partial charge in [0, 0.05) is 12.6 Å². The van der Waals surface area contributed by atoms with Gasteiger partial charge in [0.2, 0.25) is 0 Å². The molecule has 2 nitrogen and oxygen atoms in total. The number of hydrogen-bond donors (Lipinski definition) is 1. The van der Waals surface area contributed by atoms with E-state index in [-0.39, 0.29) is 0 Å². The molecule has 3 rings (SSSR count). The van der Waals surface area contributed by atoms with Crippen LogP contribution in [0.25, 0.3) is 0 Å². The molecule has 2 saturated carbocycles. The van der Waals surface area contributed by atoms with Crippen molar-refractivity contribution in [3.8, 4) is 0 Å². The second-order valence-electron chi connectivity index (χ2n) is 6.79. The average molecular weight is 285 g/mol. The van der Waals surface area contributed by atoms with Crippen molar-refractivity contribution >= 4 is 22.9 Å². The third kappa shape index (κ3) is 1.91. The molecule has 2 bridgehead atoms. The van der Waals surface area contributed by atoms with Gasteiger partial charge in [-0.15, -0.1) is 11.3 Å². The molecule has 3 atom stereocenters. The fraction of sp³-hybridized carbons (Fsp3) is 0.786. The fourth-order valence-electron chi connectivity index (χ4n) is 4.37. The lowest BCUT2D eigenvalue weighted by Gasteiger charge is -2.43. The molecular formula is C14H21ClN2S. The van der Waals surface area contributed by atoms with Crippen LogP contribution in [0.1, 0.15) is 45.0 Å². The number of aromatic nitrogens is 1. The van der Waals surface area contributed by atoms with Crippen LogP contribution in [0, 0.1) is 16.7 Å². The van der Waals surface area contributed by atoms with Gasteiger partial charge < -0.3 is 5.32 Å². The first kappa shape index (κ1) is 12.9. The van der Waals surface area contributed by atoms with Crippen molar-refractivity contribution in [1.29, 1.82) is 0 Å². The van der Waals surface area contributed by atoms with Crippen LogP contribution >= 0.6 is 22.9 Å². The van der Waals surface area contributed by atoms with E-state index >= 15 is 0 Å². The van der Waals surface area contributed by atoms with E-state index < -0.39 is 0 Å². The lowest BCUT2D eigenvalue weighted by molar-refractivity contribution is 0.108. The van der Waals surface area contributed by atoms with Crippen LogP contribution in [-0.2, 0) is 6.54 Å². The molecule has 3 unspecified atom stereocenters. The highest BCUT2D eigenvalue weighted by Crippen LogP contribution is 2.62. The minimum absolute atomic E-state index is 0.411. The van der Waals surface area contributed by atoms with E-state index in [9.17, 15) is 0 Å². The summed E-state index contributed by atoms with van der Waals surface area (Å²) in [5.74, 6) is 0.889. The van der Waals surface area contributed by atoms with Crippen molar-refractivity contribution in [2.75, 3.05) is 0 Å². The summed E-state index contributed by atoms with van der Waals surface area (Å²) < 4.78 is 0.783. The van der Waals surface area contributed by atoms with Crippen LogP contribution in [0.2, 0.25) is 4.34 Å². The normalized spacial score (nSPS) is 37.3. The van der Waals surface area contributed by atoms with Crippen molar-refractivity contribution in [2.24, 2.45) is 16.7 Å². The lowest BCUT2D eigenvalue weighted by atomic mass is 9.68. The maximum atomic E-state index is 5.93. The first-order chi connectivity index (χ1) is 8.42. The quantitative estimate of drug-likeness (QED) is 0.904. The third-order valence-corrected chi connectivity index (χ3v) is 6.37. The van der Waals surface area contributed by atoms with Crippen molar-refractivity contribution in [2.45, 2.75) is 52.6 Å². The molecule has 2 fully saturated rings. The van der Waals surface area contributed by atoms with Gasteiger partial charge in [0.25, 0.3) is 0 Å². The SMILES string of the molecule is CC12CCC(C1)C(C)(C)C2NCc1ncc(Cl)s1. The zero-order chi connectivity index (χ0) is 13.0. The predicted molar refractivity (Wildman–Crippen MR) is 77.0 cm³/mol. The predicted octanol–water partition coefficient (Wildman–Crippen LogP) is 4.10. The molecule has 0 amide bonds. The highest BCUT2D eigenvalue weighted by molar-refractivity contribution is 7.15. The van der Waals surface area contributed by atoms with Crippen molar-refractivity contribution in [1.82, 2.24) is 10.3 Å². The number of nitrogens with zero attached hydrogens (tertiary/aromatic N) is 1. The summed E-state index contributed by atoms with van der Waals surface area (Å²) in [5.41, 5.74) is 0.892. The second-order valence-corrected chi connectivity index (χ2v) is 8.53. The molecule has 2 aliphatic rings. The Balaban J connectivity index is 1.72. The van der Waals surface area contributed by atoms with Crippen molar-refractivity contribution in [3.05, 3.63) is 15.5 Å². The molecule has 0 spiro atoms. The van der Waals surface area contributed by atoms with E-state index in [1.54, 1.807) is 17.5 Å². The zero-order valence-corrected chi connectivity index (χ0v) is 12.9. The first-order valence-corrected chi connectivity index (χ1v) is 7.95. The minimum atomic E-state index is 0.411. The molecule has 100 valence electrons. The smallest absolute Gasteiger partial charge is 0.113 e. The summed E-state index contributed by atoms with van der Waals surface area (Å²) in [6.45, 7) is 8.16.